The molecule has 6 heteroatoms. The van der Waals surface area contributed by atoms with E-state index in [2.05, 4.69) is 17.2 Å². The number of carbonyl (C=O) groups excluding carboxylic acids is 2. The van der Waals surface area contributed by atoms with Crippen LogP contribution in [0.25, 0.3) is 10.2 Å². The molecule has 0 spiro atoms. The van der Waals surface area contributed by atoms with Crippen LogP contribution in [-0.2, 0) is 6.42 Å². The standard InChI is InChI=1S/C25H23N3O2S/c1-2-3-9-18-14-15-20-21(26)23(31-25(20)28-18)24(30)27-19-12-10-17(11-13-19)22(29)16-7-5-4-6-8-16/h4-8,10-15H,2-3,9,26H2,1H3,(H,27,30). The molecule has 0 bridgehead atoms. The van der Waals surface area contributed by atoms with E-state index in [0.29, 0.717) is 27.4 Å². The van der Waals surface area contributed by atoms with Gasteiger partial charge in [-0.2, -0.15) is 0 Å². The molecule has 0 fully saturated rings. The summed E-state index contributed by atoms with van der Waals surface area (Å²) in [6, 6.07) is 19.9. The molecule has 0 atom stereocenters. The largest absolute Gasteiger partial charge is 0.397 e. The van der Waals surface area contributed by atoms with Crippen molar-refractivity contribution in [1.29, 1.82) is 0 Å². The molecule has 31 heavy (non-hydrogen) atoms. The van der Waals surface area contributed by atoms with Crippen molar-refractivity contribution in [3.8, 4) is 0 Å². The van der Waals surface area contributed by atoms with Crippen molar-refractivity contribution in [1.82, 2.24) is 4.98 Å². The number of aromatic nitrogens is 1. The number of unbranched alkanes of at least 4 members (excludes halogenated alkanes) is 1. The number of hydrogen-bond acceptors (Lipinski definition) is 5. The molecule has 0 aliphatic heterocycles. The molecule has 1 amide bonds. The average Bonchev–Trinajstić information content (AvgIpc) is 3.14. The minimum Gasteiger partial charge on any atom is -0.397 e. The zero-order valence-electron chi connectivity index (χ0n) is 17.2. The predicted octanol–water partition coefficient (Wildman–Crippen LogP) is 5.70. The number of nitrogens with one attached hydrogen (secondary N) is 1. The highest BCUT2D eigenvalue weighted by Gasteiger charge is 2.18. The Hall–Kier alpha value is -3.51. The van der Waals surface area contributed by atoms with Crippen molar-refractivity contribution in [2.24, 2.45) is 0 Å². The van der Waals surface area contributed by atoms with Crippen LogP contribution >= 0.6 is 11.3 Å². The predicted molar refractivity (Wildman–Crippen MR) is 127 cm³/mol. The Morgan fingerprint density at radius 3 is 2.39 bits per heavy atom. The fraction of sp³-hybridized carbons (Fsp3) is 0.160. The summed E-state index contributed by atoms with van der Waals surface area (Å²) in [6.45, 7) is 2.15. The zero-order chi connectivity index (χ0) is 21.8. The van der Waals surface area contributed by atoms with Gasteiger partial charge in [0, 0.05) is 27.9 Å². The molecular weight excluding hydrogens is 406 g/mol. The molecule has 4 rings (SSSR count). The Morgan fingerprint density at radius 2 is 1.68 bits per heavy atom. The summed E-state index contributed by atoms with van der Waals surface area (Å²) in [5.74, 6) is -0.338. The number of carbonyl (C=O) groups is 2. The maximum atomic E-state index is 12.8. The van der Waals surface area contributed by atoms with Gasteiger partial charge in [0.2, 0.25) is 0 Å². The molecule has 0 unspecified atom stereocenters. The highest BCUT2D eigenvalue weighted by Crippen LogP contribution is 2.33. The van der Waals surface area contributed by atoms with Gasteiger partial charge in [0.25, 0.3) is 5.91 Å². The SMILES string of the molecule is CCCCc1ccc2c(N)c(C(=O)Nc3ccc(C(=O)c4ccccc4)cc3)sc2n1. The minimum absolute atomic E-state index is 0.0582. The third-order valence-electron chi connectivity index (χ3n) is 5.09. The van der Waals surface area contributed by atoms with E-state index in [1.165, 1.54) is 11.3 Å². The zero-order valence-corrected chi connectivity index (χ0v) is 18.0. The summed E-state index contributed by atoms with van der Waals surface area (Å²) in [6.07, 6.45) is 3.10. The second kappa shape index (κ2) is 9.10. The Bertz CT molecular complexity index is 1230. The van der Waals surface area contributed by atoms with Crippen molar-refractivity contribution in [3.05, 3.63) is 88.4 Å². The van der Waals surface area contributed by atoms with Crippen LogP contribution in [0.1, 0.15) is 51.1 Å². The fourth-order valence-corrected chi connectivity index (χ4v) is 4.36. The Balaban J connectivity index is 1.50. The highest BCUT2D eigenvalue weighted by molar-refractivity contribution is 7.21. The van der Waals surface area contributed by atoms with Crippen LogP contribution < -0.4 is 11.1 Å². The third kappa shape index (κ3) is 4.49. The van der Waals surface area contributed by atoms with E-state index in [4.69, 9.17) is 5.73 Å². The molecule has 156 valence electrons. The van der Waals surface area contributed by atoms with Gasteiger partial charge in [-0.05, 0) is 49.2 Å². The van der Waals surface area contributed by atoms with Gasteiger partial charge in [-0.3, -0.25) is 9.59 Å². The molecule has 2 aromatic carbocycles. The molecular formula is C25H23N3O2S. The number of fused-ring (bicyclic) bond motifs is 1. The van der Waals surface area contributed by atoms with E-state index in [1.54, 1.807) is 36.4 Å². The number of rotatable bonds is 7. The lowest BCUT2D eigenvalue weighted by atomic mass is 10.0. The minimum atomic E-state index is -0.280. The first-order valence-electron chi connectivity index (χ1n) is 10.3. The molecule has 2 aromatic heterocycles. The maximum Gasteiger partial charge on any atom is 0.267 e. The van der Waals surface area contributed by atoms with Gasteiger partial charge in [0.1, 0.15) is 9.71 Å². The van der Waals surface area contributed by atoms with E-state index in [1.807, 2.05) is 30.3 Å². The van der Waals surface area contributed by atoms with Gasteiger partial charge in [-0.25, -0.2) is 4.98 Å². The first-order chi connectivity index (χ1) is 15.1. The van der Waals surface area contributed by atoms with E-state index in [0.717, 1.165) is 35.2 Å². The first kappa shape index (κ1) is 20.8. The number of nitrogens with zero attached hydrogens (tertiary/aromatic N) is 1. The lowest BCUT2D eigenvalue weighted by Gasteiger charge is -2.06. The van der Waals surface area contributed by atoms with Crippen LogP contribution in [0.15, 0.2) is 66.7 Å². The van der Waals surface area contributed by atoms with Gasteiger partial charge < -0.3 is 11.1 Å². The smallest absolute Gasteiger partial charge is 0.267 e. The van der Waals surface area contributed by atoms with Gasteiger partial charge in [0.15, 0.2) is 5.78 Å². The van der Waals surface area contributed by atoms with Crippen LogP contribution in [0.5, 0.6) is 0 Å². The van der Waals surface area contributed by atoms with E-state index < -0.39 is 0 Å². The van der Waals surface area contributed by atoms with Crippen molar-refractivity contribution in [2.75, 3.05) is 11.1 Å². The molecule has 0 aliphatic rings. The van der Waals surface area contributed by atoms with Crippen molar-refractivity contribution in [2.45, 2.75) is 26.2 Å². The van der Waals surface area contributed by atoms with Gasteiger partial charge in [-0.15, -0.1) is 11.3 Å². The summed E-state index contributed by atoms with van der Waals surface area (Å²) in [5.41, 5.74) is 9.49. The quantitative estimate of drug-likeness (QED) is 0.369. The van der Waals surface area contributed by atoms with Crippen molar-refractivity contribution < 1.29 is 9.59 Å². The summed E-state index contributed by atoms with van der Waals surface area (Å²) in [7, 11) is 0. The molecule has 0 aliphatic carbocycles. The molecule has 0 radical (unpaired) electrons. The second-order valence-corrected chi connectivity index (χ2v) is 8.33. The Kier molecular flexibility index (Phi) is 6.09. The average molecular weight is 430 g/mol. The van der Waals surface area contributed by atoms with E-state index >= 15 is 0 Å². The monoisotopic (exact) mass is 429 g/mol. The summed E-state index contributed by atoms with van der Waals surface area (Å²) in [5, 5.41) is 3.67. The molecule has 0 saturated carbocycles. The van der Waals surface area contributed by atoms with Gasteiger partial charge >= 0.3 is 0 Å². The lowest BCUT2D eigenvalue weighted by molar-refractivity contribution is 0.102. The van der Waals surface area contributed by atoms with Crippen LogP contribution in [0.4, 0.5) is 11.4 Å². The molecule has 3 N–H and O–H groups in total. The number of amides is 1. The topological polar surface area (TPSA) is 85.1 Å². The van der Waals surface area contributed by atoms with Gasteiger partial charge in [0.05, 0.1) is 5.69 Å². The first-order valence-corrected chi connectivity index (χ1v) is 11.1. The number of nitrogen functional groups attached to an aromatic ring is 1. The number of ketones is 1. The molecule has 4 aromatic rings. The van der Waals surface area contributed by atoms with Crippen LogP contribution in [0, 0.1) is 0 Å². The number of aryl methyl sites for hydroxylation is 1. The molecule has 0 saturated heterocycles. The lowest BCUT2D eigenvalue weighted by Crippen LogP contribution is -2.12. The fourth-order valence-electron chi connectivity index (χ4n) is 3.35. The normalized spacial score (nSPS) is 10.9. The van der Waals surface area contributed by atoms with Crippen molar-refractivity contribution in [3.63, 3.8) is 0 Å². The number of anilines is 2. The number of benzene rings is 2. The van der Waals surface area contributed by atoms with Crippen LogP contribution in [0.2, 0.25) is 0 Å². The van der Waals surface area contributed by atoms with E-state index in [-0.39, 0.29) is 11.7 Å². The number of thiophene rings is 1. The van der Waals surface area contributed by atoms with Crippen LogP contribution in [0.3, 0.4) is 0 Å². The summed E-state index contributed by atoms with van der Waals surface area (Å²) >= 11 is 1.30. The number of hydrogen-bond donors (Lipinski definition) is 2. The summed E-state index contributed by atoms with van der Waals surface area (Å²) in [4.78, 5) is 31.2. The van der Waals surface area contributed by atoms with E-state index in [9.17, 15) is 9.59 Å². The molecule has 5 nitrogen and oxygen atoms in total. The summed E-state index contributed by atoms with van der Waals surface area (Å²) < 4.78 is 0. The highest BCUT2D eigenvalue weighted by atomic mass is 32.1. The number of nitrogens with two attached hydrogens (primary N) is 1. The van der Waals surface area contributed by atoms with Crippen LogP contribution in [-0.4, -0.2) is 16.7 Å². The van der Waals surface area contributed by atoms with Crippen molar-refractivity contribution >= 4 is 44.6 Å². The van der Waals surface area contributed by atoms with Gasteiger partial charge in [-0.1, -0.05) is 43.7 Å². The third-order valence-corrected chi connectivity index (χ3v) is 6.20. The number of pyridine rings is 1. The maximum absolute atomic E-state index is 12.8. The Labute approximate surface area is 184 Å². The molecule has 2 heterocycles. The Morgan fingerprint density at radius 1 is 0.968 bits per heavy atom. The second-order valence-electron chi connectivity index (χ2n) is 7.33.